The van der Waals surface area contributed by atoms with Crippen molar-refractivity contribution in [1.29, 1.82) is 0 Å². The summed E-state index contributed by atoms with van der Waals surface area (Å²) in [5, 5.41) is 0. The third-order valence-corrected chi connectivity index (χ3v) is 5.70. The molecule has 5 nitrogen and oxygen atoms in total. The second-order valence-electron chi connectivity index (χ2n) is 8.94. The van der Waals surface area contributed by atoms with E-state index in [1.54, 1.807) is 13.2 Å². The van der Waals surface area contributed by atoms with Crippen molar-refractivity contribution in [3.05, 3.63) is 41.0 Å². The molecular weight excluding hydrogens is 366 g/mol. The van der Waals surface area contributed by atoms with Crippen molar-refractivity contribution < 1.29 is 19.0 Å². The Morgan fingerprint density at radius 3 is 2.79 bits per heavy atom. The van der Waals surface area contributed by atoms with Gasteiger partial charge in [-0.05, 0) is 56.9 Å². The molecule has 29 heavy (non-hydrogen) atoms. The standard InChI is InChI=1S/C24H33NO4/c1-16(2)7-10-24(3,4)11-8-18(26)14-19-21-17(9-12-25(19)5)13-20-22(23(21)27-6)29-15-28-20/h7-8,11,13,19H,9-10,12,14-15H2,1-6H3/b11-8+/t19-/m1/s1. The SMILES string of the molecule is COc1c2c(cc3c1[C@@H](CC(=O)/C=C/C(C)(C)CC=C(C)C)N(C)CC3)OCO2. The first-order valence-corrected chi connectivity index (χ1v) is 10.3. The van der Waals surface area contributed by atoms with Gasteiger partial charge in [0.25, 0.3) is 0 Å². The molecule has 0 aliphatic carbocycles. The highest BCUT2D eigenvalue weighted by Crippen LogP contribution is 2.50. The molecule has 1 aromatic carbocycles. The average molecular weight is 400 g/mol. The zero-order valence-corrected chi connectivity index (χ0v) is 18.5. The quantitative estimate of drug-likeness (QED) is 0.484. The second kappa shape index (κ2) is 8.62. The number of fused-ring (bicyclic) bond motifs is 2. The summed E-state index contributed by atoms with van der Waals surface area (Å²) in [5.41, 5.74) is 3.47. The predicted molar refractivity (Wildman–Crippen MR) is 115 cm³/mol. The first kappa shape index (κ1) is 21.4. The monoisotopic (exact) mass is 399 g/mol. The topological polar surface area (TPSA) is 48.0 Å². The lowest BCUT2D eigenvalue weighted by Gasteiger charge is -2.35. The van der Waals surface area contributed by atoms with Gasteiger partial charge in [-0.2, -0.15) is 0 Å². The van der Waals surface area contributed by atoms with E-state index in [-0.39, 0.29) is 24.0 Å². The van der Waals surface area contributed by atoms with Crippen LogP contribution in [0.4, 0.5) is 0 Å². The van der Waals surface area contributed by atoms with Crippen LogP contribution in [0.3, 0.4) is 0 Å². The zero-order valence-electron chi connectivity index (χ0n) is 18.5. The average Bonchev–Trinajstić information content (AvgIpc) is 3.14. The number of methoxy groups -OCH3 is 1. The Balaban J connectivity index is 1.82. The summed E-state index contributed by atoms with van der Waals surface area (Å²) in [4.78, 5) is 15.1. The number of hydrogen-bond donors (Lipinski definition) is 0. The molecule has 0 aromatic heterocycles. The fraction of sp³-hybridized carbons (Fsp3) is 0.542. The molecular formula is C24H33NO4. The summed E-state index contributed by atoms with van der Waals surface area (Å²) >= 11 is 0. The van der Waals surface area contributed by atoms with Gasteiger partial charge in [-0.15, -0.1) is 0 Å². The van der Waals surface area contributed by atoms with Crippen molar-refractivity contribution in [2.24, 2.45) is 5.41 Å². The Morgan fingerprint density at radius 1 is 1.34 bits per heavy atom. The Bertz CT molecular complexity index is 834. The van der Waals surface area contributed by atoms with Crippen LogP contribution in [-0.4, -0.2) is 38.2 Å². The molecule has 0 saturated carbocycles. The molecule has 0 unspecified atom stereocenters. The number of ketones is 1. The Labute approximate surface area is 174 Å². The van der Waals surface area contributed by atoms with Gasteiger partial charge in [0.15, 0.2) is 17.3 Å². The van der Waals surface area contributed by atoms with Gasteiger partial charge in [0.2, 0.25) is 12.5 Å². The van der Waals surface area contributed by atoms with Gasteiger partial charge in [0, 0.05) is 24.6 Å². The van der Waals surface area contributed by atoms with E-state index in [1.807, 2.05) is 12.1 Å². The van der Waals surface area contributed by atoms with E-state index in [0.717, 1.165) is 30.7 Å². The van der Waals surface area contributed by atoms with Gasteiger partial charge in [0.1, 0.15) is 0 Å². The number of carbonyl (C=O) groups is 1. The Kier molecular flexibility index (Phi) is 6.37. The highest BCUT2D eigenvalue weighted by molar-refractivity contribution is 5.90. The van der Waals surface area contributed by atoms with Crippen molar-refractivity contribution in [3.63, 3.8) is 0 Å². The van der Waals surface area contributed by atoms with Gasteiger partial charge in [0.05, 0.1) is 7.11 Å². The van der Waals surface area contributed by atoms with Crippen LogP contribution < -0.4 is 14.2 Å². The predicted octanol–water partition coefficient (Wildman–Crippen LogP) is 4.85. The Hall–Kier alpha value is -2.27. The normalized spacial score (nSPS) is 18.6. The van der Waals surface area contributed by atoms with E-state index in [9.17, 15) is 4.79 Å². The molecule has 2 aliphatic rings. The number of hydrogen-bond acceptors (Lipinski definition) is 5. The van der Waals surface area contributed by atoms with Crippen LogP contribution >= 0.6 is 0 Å². The largest absolute Gasteiger partial charge is 0.492 e. The second-order valence-corrected chi connectivity index (χ2v) is 8.94. The van der Waals surface area contributed by atoms with Gasteiger partial charge in [-0.25, -0.2) is 0 Å². The van der Waals surface area contributed by atoms with E-state index in [0.29, 0.717) is 17.9 Å². The molecule has 0 radical (unpaired) electrons. The number of ether oxygens (including phenoxy) is 3. The van der Waals surface area contributed by atoms with Crippen LogP contribution in [-0.2, 0) is 11.2 Å². The molecule has 1 aromatic rings. The summed E-state index contributed by atoms with van der Waals surface area (Å²) in [5.74, 6) is 2.21. The summed E-state index contributed by atoms with van der Waals surface area (Å²) in [7, 11) is 3.71. The van der Waals surface area contributed by atoms with E-state index < -0.39 is 0 Å². The first-order chi connectivity index (χ1) is 13.7. The third kappa shape index (κ3) is 4.84. The Morgan fingerprint density at radius 2 is 2.10 bits per heavy atom. The molecule has 0 spiro atoms. The third-order valence-electron chi connectivity index (χ3n) is 5.70. The van der Waals surface area contributed by atoms with Crippen LogP contribution in [0.25, 0.3) is 0 Å². The molecule has 0 saturated heterocycles. The smallest absolute Gasteiger partial charge is 0.231 e. The highest BCUT2D eigenvalue weighted by atomic mass is 16.7. The van der Waals surface area contributed by atoms with Crippen LogP contribution in [0.5, 0.6) is 17.2 Å². The fourth-order valence-electron chi connectivity index (χ4n) is 3.90. The minimum absolute atomic E-state index is 0.0405. The molecule has 2 aliphatic heterocycles. The minimum Gasteiger partial charge on any atom is -0.492 e. The van der Waals surface area contributed by atoms with Crippen molar-refractivity contribution in [2.75, 3.05) is 27.5 Å². The van der Waals surface area contributed by atoms with E-state index in [1.165, 1.54) is 11.1 Å². The van der Waals surface area contributed by atoms with Crippen molar-refractivity contribution in [3.8, 4) is 17.2 Å². The number of benzene rings is 1. The van der Waals surface area contributed by atoms with E-state index in [2.05, 4.69) is 45.7 Å². The molecule has 0 amide bonds. The molecule has 158 valence electrons. The molecule has 3 rings (SSSR count). The number of likely N-dealkylation sites (N-methyl/N-ethyl adjacent to an activating group) is 1. The van der Waals surface area contributed by atoms with Gasteiger partial charge in [-0.3, -0.25) is 9.69 Å². The minimum atomic E-state index is -0.0486. The summed E-state index contributed by atoms with van der Waals surface area (Å²) < 4.78 is 16.9. The van der Waals surface area contributed by atoms with Gasteiger partial charge >= 0.3 is 0 Å². The first-order valence-electron chi connectivity index (χ1n) is 10.3. The fourth-order valence-corrected chi connectivity index (χ4v) is 3.90. The van der Waals surface area contributed by atoms with Crippen molar-refractivity contribution >= 4 is 5.78 Å². The molecule has 0 fully saturated rings. The number of rotatable bonds is 7. The van der Waals surface area contributed by atoms with E-state index in [4.69, 9.17) is 14.2 Å². The summed E-state index contributed by atoms with van der Waals surface area (Å²) in [6.45, 7) is 9.60. The lowest BCUT2D eigenvalue weighted by molar-refractivity contribution is -0.115. The van der Waals surface area contributed by atoms with Crippen LogP contribution in [0.2, 0.25) is 0 Å². The molecule has 2 heterocycles. The van der Waals surface area contributed by atoms with Crippen molar-refractivity contribution in [2.45, 2.75) is 53.0 Å². The maximum atomic E-state index is 12.9. The van der Waals surface area contributed by atoms with Gasteiger partial charge < -0.3 is 14.2 Å². The van der Waals surface area contributed by atoms with Crippen LogP contribution in [0.15, 0.2) is 29.9 Å². The number of nitrogens with zero attached hydrogens (tertiary/aromatic N) is 1. The molecule has 5 heteroatoms. The lowest BCUT2D eigenvalue weighted by Crippen LogP contribution is -2.33. The van der Waals surface area contributed by atoms with Crippen LogP contribution in [0, 0.1) is 5.41 Å². The van der Waals surface area contributed by atoms with Gasteiger partial charge in [-0.1, -0.05) is 31.6 Å². The number of allylic oxidation sites excluding steroid dienone is 4. The van der Waals surface area contributed by atoms with E-state index >= 15 is 0 Å². The zero-order chi connectivity index (χ0) is 21.2. The number of carbonyl (C=O) groups excluding carboxylic acids is 1. The summed E-state index contributed by atoms with van der Waals surface area (Å²) in [6, 6.07) is 2.00. The maximum absolute atomic E-state index is 12.9. The lowest BCUT2D eigenvalue weighted by atomic mass is 9.86. The summed E-state index contributed by atoms with van der Waals surface area (Å²) in [6.07, 6.45) is 8.23. The van der Waals surface area contributed by atoms with Crippen molar-refractivity contribution in [1.82, 2.24) is 4.90 Å². The van der Waals surface area contributed by atoms with Crippen LogP contribution in [0.1, 0.15) is 57.7 Å². The molecule has 0 N–H and O–H groups in total. The highest BCUT2D eigenvalue weighted by Gasteiger charge is 2.34. The molecule has 1 atom stereocenters. The molecule has 0 bridgehead atoms. The maximum Gasteiger partial charge on any atom is 0.231 e.